The summed E-state index contributed by atoms with van der Waals surface area (Å²) in [6.07, 6.45) is 0. The van der Waals surface area contributed by atoms with E-state index >= 15 is 0 Å². The first-order valence-corrected chi connectivity index (χ1v) is 6.57. The van der Waals surface area contributed by atoms with Crippen molar-refractivity contribution in [2.24, 2.45) is 7.05 Å². The molecule has 0 amide bonds. The number of anilines is 1. The summed E-state index contributed by atoms with van der Waals surface area (Å²) in [6.45, 7) is 4.70. The molecule has 0 saturated carbocycles. The second-order valence-corrected chi connectivity index (χ2v) is 4.87. The van der Waals surface area contributed by atoms with Crippen LogP contribution >= 0.6 is 12.2 Å². The highest BCUT2D eigenvalue weighted by Crippen LogP contribution is 2.17. The minimum atomic E-state index is 0.614. The zero-order chi connectivity index (χ0) is 13.8. The molecule has 0 bridgehead atoms. The molecule has 2 rings (SSSR count). The molecule has 0 aliphatic rings. The number of aromatic nitrogens is 2. The number of rotatable bonds is 3. The summed E-state index contributed by atoms with van der Waals surface area (Å²) in [4.78, 5) is 0. The Morgan fingerprint density at radius 2 is 1.95 bits per heavy atom. The first-order valence-electron chi connectivity index (χ1n) is 6.17. The first kappa shape index (κ1) is 13.5. The Morgan fingerprint density at radius 1 is 1.26 bits per heavy atom. The summed E-state index contributed by atoms with van der Waals surface area (Å²) >= 11 is 5.30. The monoisotopic (exact) mass is 274 g/mol. The van der Waals surface area contributed by atoms with Gasteiger partial charge in [0.2, 0.25) is 0 Å². The number of hydrogen-bond acceptors (Lipinski definition) is 2. The zero-order valence-corrected chi connectivity index (χ0v) is 12.2. The molecule has 4 nitrogen and oxygen atoms in total. The van der Waals surface area contributed by atoms with Crippen LogP contribution in [-0.2, 0) is 13.6 Å². The van der Waals surface area contributed by atoms with Crippen LogP contribution in [-0.4, -0.2) is 14.9 Å². The standard InChI is InChI=1S/C14H18N4S/c1-10-13(11(2)18(3)17-10)16-14(19)15-9-12-7-5-4-6-8-12/h4-8H,9H2,1-3H3,(H2,15,16,19). The van der Waals surface area contributed by atoms with Crippen LogP contribution in [0.4, 0.5) is 5.69 Å². The quantitative estimate of drug-likeness (QED) is 0.844. The lowest BCUT2D eigenvalue weighted by atomic mass is 10.2. The largest absolute Gasteiger partial charge is 0.358 e. The lowest BCUT2D eigenvalue weighted by molar-refractivity contribution is 0.731. The second kappa shape index (κ2) is 5.84. The molecule has 0 unspecified atom stereocenters. The molecule has 2 N–H and O–H groups in total. The lowest BCUT2D eigenvalue weighted by Gasteiger charge is -2.10. The summed E-state index contributed by atoms with van der Waals surface area (Å²) in [5.41, 5.74) is 4.20. The van der Waals surface area contributed by atoms with Crippen LogP contribution in [0.15, 0.2) is 30.3 Å². The number of hydrogen-bond donors (Lipinski definition) is 2. The maximum Gasteiger partial charge on any atom is 0.171 e. The molecule has 0 aliphatic heterocycles. The highest BCUT2D eigenvalue weighted by molar-refractivity contribution is 7.80. The van der Waals surface area contributed by atoms with Gasteiger partial charge in [0.05, 0.1) is 17.1 Å². The normalized spacial score (nSPS) is 10.3. The molecule has 0 spiro atoms. The van der Waals surface area contributed by atoms with Gasteiger partial charge in [-0.25, -0.2) is 0 Å². The Balaban J connectivity index is 1.95. The van der Waals surface area contributed by atoms with Crippen LogP contribution in [0, 0.1) is 13.8 Å². The van der Waals surface area contributed by atoms with E-state index in [4.69, 9.17) is 12.2 Å². The third-order valence-corrected chi connectivity index (χ3v) is 3.29. The highest BCUT2D eigenvalue weighted by Gasteiger charge is 2.10. The summed E-state index contributed by atoms with van der Waals surface area (Å²) in [5, 5.41) is 11.4. The molecular weight excluding hydrogens is 256 g/mol. The minimum absolute atomic E-state index is 0.614. The molecule has 100 valence electrons. The zero-order valence-electron chi connectivity index (χ0n) is 11.4. The lowest BCUT2D eigenvalue weighted by Crippen LogP contribution is -2.28. The van der Waals surface area contributed by atoms with Crippen molar-refractivity contribution in [3.05, 3.63) is 47.3 Å². The fraction of sp³-hybridized carbons (Fsp3) is 0.286. The molecular formula is C14H18N4S. The van der Waals surface area contributed by atoms with E-state index in [1.165, 1.54) is 5.56 Å². The van der Waals surface area contributed by atoms with Crippen molar-refractivity contribution in [1.82, 2.24) is 15.1 Å². The Labute approximate surface area is 118 Å². The van der Waals surface area contributed by atoms with Gasteiger partial charge in [-0.05, 0) is 31.6 Å². The van der Waals surface area contributed by atoms with Crippen molar-refractivity contribution in [1.29, 1.82) is 0 Å². The minimum Gasteiger partial charge on any atom is -0.358 e. The maximum absolute atomic E-state index is 5.30. The van der Waals surface area contributed by atoms with Gasteiger partial charge in [0, 0.05) is 13.6 Å². The van der Waals surface area contributed by atoms with E-state index < -0.39 is 0 Å². The Kier molecular flexibility index (Phi) is 4.16. The Hall–Kier alpha value is -1.88. The fourth-order valence-corrected chi connectivity index (χ4v) is 2.06. The molecule has 1 heterocycles. The average molecular weight is 274 g/mol. The van der Waals surface area contributed by atoms with Gasteiger partial charge in [-0.3, -0.25) is 4.68 Å². The topological polar surface area (TPSA) is 41.9 Å². The molecule has 0 fully saturated rings. The predicted molar refractivity (Wildman–Crippen MR) is 82.2 cm³/mol. The first-order chi connectivity index (χ1) is 9.08. The number of nitrogens with one attached hydrogen (secondary N) is 2. The van der Waals surface area contributed by atoms with Crippen LogP contribution < -0.4 is 10.6 Å². The molecule has 0 saturated heterocycles. The van der Waals surface area contributed by atoms with Crippen LogP contribution in [0.1, 0.15) is 17.0 Å². The van der Waals surface area contributed by atoms with E-state index in [2.05, 4.69) is 27.9 Å². The van der Waals surface area contributed by atoms with Crippen molar-refractivity contribution >= 4 is 23.0 Å². The molecule has 2 aromatic rings. The summed E-state index contributed by atoms with van der Waals surface area (Å²) < 4.78 is 1.84. The molecule has 0 aliphatic carbocycles. The average Bonchev–Trinajstić information content (AvgIpc) is 2.64. The molecule has 1 aromatic heterocycles. The van der Waals surface area contributed by atoms with E-state index in [0.717, 1.165) is 17.1 Å². The fourth-order valence-electron chi connectivity index (χ4n) is 1.89. The number of benzene rings is 1. The van der Waals surface area contributed by atoms with E-state index in [9.17, 15) is 0 Å². The summed E-state index contributed by atoms with van der Waals surface area (Å²) in [7, 11) is 1.92. The second-order valence-electron chi connectivity index (χ2n) is 4.46. The van der Waals surface area contributed by atoms with Gasteiger partial charge in [0.25, 0.3) is 0 Å². The van der Waals surface area contributed by atoms with Crippen molar-refractivity contribution in [3.63, 3.8) is 0 Å². The highest BCUT2D eigenvalue weighted by atomic mass is 32.1. The van der Waals surface area contributed by atoms with E-state index in [-0.39, 0.29) is 0 Å². The van der Waals surface area contributed by atoms with Crippen LogP contribution in [0.2, 0.25) is 0 Å². The predicted octanol–water partition coefficient (Wildman–Crippen LogP) is 2.52. The van der Waals surface area contributed by atoms with Gasteiger partial charge < -0.3 is 10.6 Å². The van der Waals surface area contributed by atoms with E-state index in [1.807, 2.05) is 43.8 Å². The van der Waals surface area contributed by atoms with Crippen LogP contribution in [0.5, 0.6) is 0 Å². The van der Waals surface area contributed by atoms with Gasteiger partial charge in [0.15, 0.2) is 5.11 Å². The van der Waals surface area contributed by atoms with Gasteiger partial charge >= 0.3 is 0 Å². The Bertz CT molecular complexity index is 575. The Morgan fingerprint density at radius 3 is 2.53 bits per heavy atom. The number of aryl methyl sites for hydroxylation is 2. The van der Waals surface area contributed by atoms with E-state index in [1.54, 1.807) is 0 Å². The van der Waals surface area contributed by atoms with Gasteiger partial charge in [-0.2, -0.15) is 5.10 Å². The summed E-state index contributed by atoms with van der Waals surface area (Å²) in [5.74, 6) is 0. The summed E-state index contributed by atoms with van der Waals surface area (Å²) in [6, 6.07) is 10.2. The molecule has 1 aromatic carbocycles. The van der Waals surface area contributed by atoms with Crippen molar-refractivity contribution in [2.75, 3.05) is 5.32 Å². The smallest absolute Gasteiger partial charge is 0.171 e. The number of thiocarbonyl (C=S) groups is 1. The third-order valence-electron chi connectivity index (χ3n) is 3.04. The SMILES string of the molecule is Cc1nn(C)c(C)c1NC(=S)NCc1ccccc1. The van der Waals surface area contributed by atoms with Gasteiger partial charge in [0.1, 0.15) is 0 Å². The number of nitrogens with zero attached hydrogens (tertiary/aromatic N) is 2. The molecule has 0 atom stereocenters. The molecule has 0 radical (unpaired) electrons. The maximum atomic E-state index is 5.30. The van der Waals surface area contributed by atoms with Gasteiger partial charge in [-0.15, -0.1) is 0 Å². The third kappa shape index (κ3) is 3.32. The van der Waals surface area contributed by atoms with Crippen molar-refractivity contribution in [2.45, 2.75) is 20.4 Å². The van der Waals surface area contributed by atoms with Crippen LogP contribution in [0.3, 0.4) is 0 Å². The van der Waals surface area contributed by atoms with E-state index in [0.29, 0.717) is 11.7 Å². The van der Waals surface area contributed by atoms with Gasteiger partial charge in [-0.1, -0.05) is 30.3 Å². The molecule has 5 heteroatoms. The van der Waals surface area contributed by atoms with Crippen molar-refractivity contribution < 1.29 is 0 Å². The molecule has 19 heavy (non-hydrogen) atoms. The van der Waals surface area contributed by atoms with Crippen molar-refractivity contribution in [3.8, 4) is 0 Å². The van der Waals surface area contributed by atoms with Crippen LogP contribution in [0.25, 0.3) is 0 Å².